The summed E-state index contributed by atoms with van der Waals surface area (Å²) in [4.78, 5) is 23.9. The topological polar surface area (TPSA) is 55.4 Å². The maximum atomic E-state index is 12.1. The van der Waals surface area contributed by atoms with Gasteiger partial charge in [-0.15, -0.1) is 0 Å². The molecule has 1 aliphatic rings. The van der Waals surface area contributed by atoms with Crippen LogP contribution >= 0.6 is 23.2 Å². The molecule has 6 heteroatoms. The van der Waals surface area contributed by atoms with Crippen LogP contribution in [0.1, 0.15) is 45.4 Å². The van der Waals surface area contributed by atoms with Gasteiger partial charge in [0.15, 0.2) is 6.10 Å². The summed E-state index contributed by atoms with van der Waals surface area (Å²) in [6.07, 6.45) is 5.23. The van der Waals surface area contributed by atoms with E-state index < -0.39 is 12.0 Å². The van der Waals surface area contributed by atoms with E-state index >= 15 is 0 Å². The number of benzene rings is 1. The van der Waals surface area contributed by atoms with Crippen molar-refractivity contribution in [2.75, 3.05) is 5.32 Å². The van der Waals surface area contributed by atoms with Gasteiger partial charge in [-0.3, -0.25) is 9.59 Å². The van der Waals surface area contributed by atoms with E-state index in [1.165, 1.54) is 31.7 Å². The predicted octanol–water partition coefficient (Wildman–Crippen LogP) is 4.83. The first-order valence-corrected chi connectivity index (χ1v) is 8.66. The second kappa shape index (κ2) is 8.55. The quantitative estimate of drug-likeness (QED) is 0.741. The Morgan fingerprint density at radius 1 is 1.30 bits per heavy atom. The van der Waals surface area contributed by atoms with Gasteiger partial charge in [0.1, 0.15) is 0 Å². The maximum Gasteiger partial charge on any atom is 0.306 e. The molecule has 1 fully saturated rings. The van der Waals surface area contributed by atoms with Crippen LogP contribution in [-0.4, -0.2) is 18.0 Å². The van der Waals surface area contributed by atoms with Crippen molar-refractivity contribution in [3.63, 3.8) is 0 Å². The van der Waals surface area contributed by atoms with Gasteiger partial charge in [0.05, 0.1) is 10.7 Å². The summed E-state index contributed by atoms with van der Waals surface area (Å²) in [6.45, 7) is 1.55. The van der Waals surface area contributed by atoms with Crippen LogP contribution in [0.2, 0.25) is 10.0 Å². The van der Waals surface area contributed by atoms with Crippen LogP contribution < -0.4 is 5.32 Å². The van der Waals surface area contributed by atoms with Crippen LogP contribution in [0.4, 0.5) is 5.69 Å². The van der Waals surface area contributed by atoms with Crippen LogP contribution in [-0.2, 0) is 14.3 Å². The minimum absolute atomic E-state index is 0.332. The van der Waals surface area contributed by atoms with Gasteiger partial charge in [0, 0.05) is 11.4 Å². The molecule has 0 saturated heterocycles. The molecule has 0 radical (unpaired) electrons. The predicted molar refractivity (Wildman–Crippen MR) is 91.8 cm³/mol. The van der Waals surface area contributed by atoms with Crippen LogP contribution in [0.15, 0.2) is 18.2 Å². The van der Waals surface area contributed by atoms with Crippen LogP contribution in [0.3, 0.4) is 0 Å². The molecular weight excluding hydrogens is 337 g/mol. The van der Waals surface area contributed by atoms with E-state index in [2.05, 4.69) is 5.32 Å². The molecule has 1 amide bonds. The molecule has 1 aliphatic carbocycles. The summed E-state index contributed by atoms with van der Waals surface area (Å²) in [5.74, 6) is -0.121. The lowest BCUT2D eigenvalue weighted by atomic mass is 10.0. The molecule has 23 heavy (non-hydrogen) atoms. The van der Waals surface area contributed by atoms with Gasteiger partial charge in [-0.2, -0.15) is 0 Å². The van der Waals surface area contributed by atoms with Crippen molar-refractivity contribution in [2.24, 2.45) is 5.92 Å². The van der Waals surface area contributed by atoms with Crippen molar-refractivity contribution in [1.29, 1.82) is 0 Å². The number of carbonyl (C=O) groups is 2. The van der Waals surface area contributed by atoms with Crippen LogP contribution in [0.5, 0.6) is 0 Å². The third-order valence-electron chi connectivity index (χ3n) is 4.10. The third kappa shape index (κ3) is 5.70. The Morgan fingerprint density at radius 3 is 2.65 bits per heavy atom. The maximum absolute atomic E-state index is 12.1. The van der Waals surface area contributed by atoms with E-state index in [4.69, 9.17) is 27.9 Å². The van der Waals surface area contributed by atoms with Gasteiger partial charge >= 0.3 is 5.97 Å². The summed E-state index contributed by atoms with van der Waals surface area (Å²) < 4.78 is 5.19. The normalized spacial score (nSPS) is 16.1. The first-order chi connectivity index (χ1) is 11.0. The largest absolute Gasteiger partial charge is 0.453 e. The monoisotopic (exact) mass is 357 g/mol. The van der Waals surface area contributed by atoms with Gasteiger partial charge in [0.2, 0.25) is 0 Å². The Hall–Kier alpha value is -1.26. The van der Waals surface area contributed by atoms with Crippen molar-refractivity contribution < 1.29 is 14.3 Å². The fraction of sp³-hybridized carbons (Fsp3) is 0.529. The molecule has 126 valence electrons. The first kappa shape index (κ1) is 18.1. The molecule has 1 aromatic rings. The summed E-state index contributed by atoms with van der Waals surface area (Å²) in [7, 11) is 0. The molecule has 0 heterocycles. The highest BCUT2D eigenvalue weighted by Gasteiger charge is 2.21. The van der Waals surface area contributed by atoms with Gasteiger partial charge in [-0.05, 0) is 37.5 Å². The zero-order valence-corrected chi connectivity index (χ0v) is 14.6. The fourth-order valence-electron chi connectivity index (χ4n) is 2.76. The van der Waals surface area contributed by atoms with E-state index in [1.54, 1.807) is 19.1 Å². The van der Waals surface area contributed by atoms with E-state index in [0.29, 0.717) is 28.1 Å². The molecule has 1 atom stereocenters. The van der Waals surface area contributed by atoms with Crippen molar-refractivity contribution in [2.45, 2.75) is 51.6 Å². The Balaban J connectivity index is 1.78. The lowest BCUT2D eigenvalue weighted by Crippen LogP contribution is -2.30. The molecule has 0 aliphatic heterocycles. The highest BCUT2D eigenvalue weighted by Crippen LogP contribution is 2.29. The lowest BCUT2D eigenvalue weighted by molar-refractivity contribution is -0.153. The van der Waals surface area contributed by atoms with Gasteiger partial charge < -0.3 is 10.1 Å². The number of carbonyl (C=O) groups excluding carboxylic acids is 2. The van der Waals surface area contributed by atoms with E-state index in [-0.39, 0.29) is 5.97 Å². The zero-order chi connectivity index (χ0) is 16.8. The second-order valence-electron chi connectivity index (χ2n) is 5.93. The Bertz CT molecular complexity index is 571. The molecule has 0 bridgehead atoms. The number of hydrogen-bond acceptors (Lipinski definition) is 3. The average Bonchev–Trinajstić information content (AvgIpc) is 3.01. The van der Waals surface area contributed by atoms with E-state index in [0.717, 1.165) is 6.42 Å². The van der Waals surface area contributed by atoms with Crippen molar-refractivity contribution in [3.05, 3.63) is 28.2 Å². The molecule has 0 unspecified atom stereocenters. The van der Waals surface area contributed by atoms with Crippen molar-refractivity contribution in [1.82, 2.24) is 0 Å². The van der Waals surface area contributed by atoms with Crippen molar-refractivity contribution >= 4 is 40.8 Å². The first-order valence-electron chi connectivity index (χ1n) is 7.91. The minimum atomic E-state index is -0.863. The number of rotatable bonds is 6. The van der Waals surface area contributed by atoms with Crippen molar-refractivity contribution in [3.8, 4) is 0 Å². The number of amides is 1. The number of esters is 1. The summed E-state index contributed by atoms with van der Waals surface area (Å²) in [5, 5.41) is 3.46. The van der Waals surface area contributed by atoms with Crippen LogP contribution in [0, 0.1) is 5.92 Å². The minimum Gasteiger partial charge on any atom is -0.453 e. The van der Waals surface area contributed by atoms with Gasteiger partial charge in [-0.25, -0.2) is 0 Å². The van der Waals surface area contributed by atoms with E-state index in [9.17, 15) is 9.59 Å². The number of hydrogen-bond donors (Lipinski definition) is 1. The molecule has 2 rings (SSSR count). The van der Waals surface area contributed by atoms with Gasteiger partial charge in [-0.1, -0.05) is 48.9 Å². The molecule has 0 spiro atoms. The Morgan fingerprint density at radius 2 is 2.00 bits per heavy atom. The zero-order valence-electron chi connectivity index (χ0n) is 13.1. The Labute approximate surface area is 146 Å². The molecule has 1 N–H and O–H groups in total. The summed E-state index contributed by atoms with van der Waals surface area (Å²) in [6, 6.07) is 4.77. The molecular formula is C17H21Cl2NO3. The number of halogens is 2. The number of ether oxygens (including phenoxy) is 1. The Kier molecular flexibility index (Phi) is 6.72. The smallest absolute Gasteiger partial charge is 0.306 e. The average molecular weight is 358 g/mol. The summed E-state index contributed by atoms with van der Waals surface area (Å²) >= 11 is 11.8. The highest BCUT2D eigenvalue weighted by atomic mass is 35.5. The standard InChI is InChI=1S/C17H21Cl2NO3/c1-11(23-16(21)9-6-12-4-2-3-5-12)17(22)20-15-8-7-13(18)10-14(15)19/h7-8,10-12H,2-6,9H2,1H3,(H,20,22)/t11-/m0/s1. The third-order valence-corrected chi connectivity index (χ3v) is 4.65. The molecule has 1 aromatic carbocycles. The SMILES string of the molecule is C[C@H](OC(=O)CCC1CCCC1)C(=O)Nc1ccc(Cl)cc1Cl. The highest BCUT2D eigenvalue weighted by molar-refractivity contribution is 6.36. The molecule has 1 saturated carbocycles. The lowest BCUT2D eigenvalue weighted by Gasteiger charge is -2.15. The van der Waals surface area contributed by atoms with Gasteiger partial charge in [0.25, 0.3) is 5.91 Å². The molecule has 0 aromatic heterocycles. The number of anilines is 1. The second-order valence-corrected chi connectivity index (χ2v) is 6.78. The molecule has 4 nitrogen and oxygen atoms in total. The fourth-order valence-corrected chi connectivity index (χ4v) is 3.21. The van der Waals surface area contributed by atoms with E-state index in [1.807, 2.05) is 0 Å². The number of nitrogens with one attached hydrogen (secondary N) is 1. The van der Waals surface area contributed by atoms with Crippen LogP contribution in [0.25, 0.3) is 0 Å². The summed E-state index contributed by atoms with van der Waals surface area (Å²) in [5.41, 5.74) is 0.440.